The second-order valence-electron chi connectivity index (χ2n) is 6.62. The molecular formula is C20H19FN4O3S2. The normalized spacial score (nSPS) is 11.8. The Balaban J connectivity index is 1.49. The van der Waals surface area contributed by atoms with E-state index in [0.29, 0.717) is 28.5 Å². The number of thiazole rings is 1. The number of rotatable bonds is 7. The van der Waals surface area contributed by atoms with Crippen LogP contribution in [0.3, 0.4) is 0 Å². The fourth-order valence-corrected chi connectivity index (χ4v) is 5.04. The molecule has 0 bridgehead atoms. The standard InChI is InChI=1S/C20H19FN4O3S2/c1-13-11-15(7-8-18(13)28-2)30(26,27)22-10-9-14-12-29-20-23-19(24-25(14)20)16-5-3-4-6-17(16)21/h3-8,11-12,22H,9-10H2,1-2H3. The van der Waals surface area contributed by atoms with Crippen LogP contribution in [0, 0.1) is 12.7 Å². The van der Waals surface area contributed by atoms with Gasteiger partial charge >= 0.3 is 0 Å². The third-order valence-electron chi connectivity index (χ3n) is 4.61. The van der Waals surface area contributed by atoms with Crippen LogP contribution in [0.15, 0.2) is 52.7 Å². The van der Waals surface area contributed by atoms with Gasteiger partial charge in [-0.3, -0.25) is 0 Å². The molecule has 7 nitrogen and oxygen atoms in total. The average Bonchev–Trinajstić information content (AvgIpc) is 3.30. The summed E-state index contributed by atoms with van der Waals surface area (Å²) >= 11 is 1.37. The molecule has 10 heteroatoms. The maximum absolute atomic E-state index is 14.0. The van der Waals surface area contributed by atoms with Crippen LogP contribution < -0.4 is 9.46 Å². The Morgan fingerprint density at radius 3 is 2.77 bits per heavy atom. The van der Waals surface area contributed by atoms with Gasteiger partial charge in [-0.1, -0.05) is 12.1 Å². The number of nitrogens with one attached hydrogen (secondary N) is 1. The Hall–Kier alpha value is -2.82. The quantitative estimate of drug-likeness (QED) is 0.470. The molecule has 4 aromatic rings. The molecule has 4 rings (SSSR count). The van der Waals surface area contributed by atoms with Gasteiger partial charge in [0.05, 0.1) is 23.3 Å². The SMILES string of the molecule is COc1ccc(S(=O)(=O)NCCc2csc3nc(-c4ccccc4F)nn23)cc1C. The van der Waals surface area contributed by atoms with E-state index in [-0.39, 0.29) is 17.3 Å². The second kappa shape index (κ2) is 8.13. The lowest BCUT2D eigenvalue weighted by Gasteiger charge is -2.09. The predicted molar refractivity (Wildman–Crippen MR) is 113 cm³/mol. The Labute approximate surface area is 177 Å². The molecule has 0 saturated carbocycles. The van der Waals surface area contributed by atoms with E-state index in [1.165, 1.54) is 30.6 Å². The van der Waals surface area contributed by atoms with Crippen LogP contribution >= 0.6 is 11.3 Å². The molecule has 0 fully saturated rings. The van der Waals surface area contributed by atoms with Crippen molar-refractivity contribution in [2.24, 2.45) is 0 Å². The van der Waals surface area contributed by atoms with Gasteiger partial charge in [-0.2, -0.15) is 4.98 Å². The summed E-state index contributed by atoms with van der Waals surface area (Å²) in [6, 6.07) is 11.0. The van der Waals surface area contributed by atoms with Gasteiger partial charge in [0.2, 0.25) is 15.0 Å². The number of hydrogen-bond donors (Lipinski definition) is 1. The smallest absolute Gasteiger partial charge is 0.240 e. The number of aromatic nitrogens is 3. The molecule has 0 atom stereocenters. The molecule has 0 aliphatic carbocycles. The largest absolute Gasteiger partial charge is 0.496 e. The van der Waals surface area contributed by atoms with E-state index >= 15 is 0 Å². The Morgan fingerprint density at radius 1 is 1.23 bits per heavy atom. The van der Waals surface area contributed by atoms with Crippen molar-refractivity contribution in [3.05, 3.63) is 64.9 Å². The van der Waals surface area contributed by atoms with Gasteiger partial charge in [-0.05, 0) is 42.8 Å². The second-order valence-corrected chi connectivity index (χ2v) is 9.22. The number of aryl methyl sites for hydroxylation is 1. The number of nitrogens with zero attached hydrogens (tertiary/aromatic N) is 3. The zero-order chi connectivity index (χ0) is 21.3. The third kappa shape index (κ3) is 3.93. The fourth-order valence-electron chi connectivity index (χ4n) is 3.07. The number of fused-ring (bicyclic) bond motifs is 1. The third-order valence-corrected chi connectivity index (χ3v) is 6.94. The maximum atomic E-state index is 14.0. The number of ether oxygens (including phenoxy) is 1. The number of sulfonamides is 1. The summed E-state index contributed by atoms with van der Waals surface area (Å²) in [5.41, 5.74) is 1.86. The molecule has 0 saturated heterocycles. The highest BCUT2D eigenvalue weighted by Crippen LogP contribution is 2.24. The lowest BCUT2D eigenvalue weighted by Crippen LogP contribution is -2.26. The number of hydrogen-bond acceptors (Lipinski definition) is 6. The number of methoxy groups -OCH3 is 1. The van der Waals surface area contributed by atoms with E-state index in [4.69, 9.17) is 4.74 Å². The molecular weight excluding hydrogens is 427 g/mol. The first-order valence-corrected chi connectivity index (χ1v) is 11.5. The first-order chi connectivity index (χ1) is 14.4. The summed E-state index contributed by atoms with van der Waals surface area (Å²) in [6.45, 7) is 1.98. The van der Waals surface area contributed by atoms with Crippen LogP contribution in [-0.2, 0) is 16.4 Å². The number of benzene rings is 2. The van der Waals surface area contributed by atoms with Gasteiger partial charge in [-0.25, -0.2) is 22.0 Å². The van der Waals surface area contributed by atoms with Crippen molar-refractivity contribution in [1.82, 2.24) is 19.3 Å². The molecule has 156 valence electrons. The molecule has 2 heterocycles. The van der Waals surface area contributed by atoms with Gasteiger partial charge in [-0.15, -0.1) is 16.4 Å². The Morgan fingerprint density at radius 2 is 2.03 bits per heavy atom. The van der Waals surface area contributed by atoms with Crippen molar-refractivity contribution in [1.29, 1.82) is 0 Å². The van der Waals surface area contributed by atoms with Crippen molar-refractivity contribution < 1.29 is 17.5 Å². The summed E-state index contributed by atoms with van der Waals surface area (Å²) in [4.78, 5) is 5.18. The first kappa shape index (κ1) is 20.5. The summed E-state index contributed by atoms with van der Waals surface area (Å²) in [5.74, 6) is 0.543. The van der Waals surface area contributed by atoms with Crippen molar-refractivity contribution in [2.45, 2.75) is 18.2 Å². The summed E-state index contributed by atoms with van der Waals surface area (Å²) in [6.07, 6.45) is 0.411. The molecule has 1 N–H and O–H groups in total. The Bertz CT molecular complexity index is 1310. The van der Waals surface area contributed by atoms with Crippen LogP contribution in [0.4, 0.5) is 4.39 Å². The minimum atomic E-state index is -3.65. The van der Waals surface area contributed by atoms with Crippen LogP contribution in [0.2, 0.25) is 0 Å². The summed E-state index contributed by atoms with van der Waals surface area (Å²) < 4.78 is 48.6. The Kier molecular flexibility index (Phi) is 5.54. The average molecular weight is 447 g/mol. The maximum Gasteiger partial charge on any atom is 0.240 e. The van der Waals surface area contributed by atoms with Gasteiger partial charge in [0.1, 0.15) is 11.6 Å². The molecule has 2 aromatic heterocycles. The molecule has 2 aromatic carbocycles. The molecule has 30 heavy (non-hydrogen) atoms. The van der Waals surface area contributed by atoms with Crippen molar-refractivity contribution in [3.8, 4) is 17.1 Å². The van der Waals surface area contributed by atoms with Crippen LogP contribution in [0.1, 0.15) is 11.3 Å². The van der Waals surface area contributed by atoms with Crippen LogP contribution in [0.25, 0.3) is 16.3 Å². The van der Waals surface area contributed by atoms with Crippen LogP contribution in [-0.4, -0.2) is 36.7 Å². The van der Waals surface area contributed by atoms with E-state index in [2.05, 4.69) is 14.8 Å². The van der Waals surface area contributed by atoms with Gasteiger partial charge in [0.25, 0.3) is 0 Å². The van der Waals surface area contributed by atoms with Crippen molar-refractivity contribution in [3.63, 3.8) is 0 Å². The zero-order valence-electron chi connectivity index (χ0n) is 16.3. The lowest BCUT2D eigenvalue weighted by atomic mass is 10.2. The number of halogens is 1. The molecule has 0 spiro atoms. The molecule has 0 aliphatic rings. The molecule has 0 amide bonds. The summed E-state index contributed by atoms with van der Waals surface area (Å²) in [7, 11) is -2.11. The minimum Gasteiger partial charge on any atom is -0.496 e. The van der Waals surface area contributed by atoms with E-state index in [9.17, 15) is 12.8 Å². The van der Waals surface area contributed by atoms with Gasteiger partial charge in [0.15, 0.2) is 5.82 Å². The molecule has 0 radical (unpaired) electrons. The van der Waals surface area contributed by atoms with Crippen molar-refractivity contribution in [2.75, 3.05) is 13.7 Å². The minimum absolute atomic E-state index is 0.180. The van der Waals surface area contributed by atoms with Crippen molar-refractivity contribution >= 4 is 26.3 Å². The van der Waals surface area contributed by atoms with E-state index in [1.54, 1.807) is 41.8 Å². The highest BCUT2D eigenvalue weighted by molar-refractivity contribution is 7.89. The van der Waals surface area contributed by atoms with E-state index in [0.717, 1.165) is 11.3 Å². The first-order valence-electron chi connectivity index (χ1n) is 9.11. The summed E-state index contributed by atoms with van der Waals surface area (Å²) in [5, 5.41) is 6.26. The van der Waals surface area contributed by atoms with E-state index < -0.39 is 10.0 Å². The monoisotopic (exact) mass is 446 g/mol. The molecule has 0 unspecified atom stereocenters. The van der Waals surface area contributed by atoms with Crippen LogP contribution in [0.5, 0.6) is 5.75 Å². The predicted octanol–water partition coefficient (Wildman–Crippen LogP) is 3.43. The topological polar surface area (TPSA) is 85.6 Å². The van der Waals surface area contributed by atoms with Gasteiger partial charge < -0.3 is 4.74 Å². The van der Waals surface area contributed by atoms with Gasteiger partial charge in [0, 0.05) is 18.3 Å². The fraction of sp³-hybridized carbons (Fsp3) is 0.200. The lowest BCUT2D eigenvalue weighted by molar-refractivity contribution is 0.411. The van der Waals surface area contributed by atoms with E-state index in [1.807, 2.05) is 5.38 Å². The zero-order valence-corrected chi connectivity index (χ0v) is 17.9. The molecule has 0 aliphatic heterocycles. The highest BCUT2D eigenvalue weighted by atomic mass is 32.2. The highest BCUT2D eigenvalue weighted by Gasteiger charge is 2.17.